The van der Waals surface area contributed by atoms with E-state index >= 15 is 0 Å². The molecule has 0 bridgehead atoms. The molecule has 1 fully saturated rings. The van der Waals surface area contributed by atoms with Gasteiger partial charge in [0, 0.05) is 39.6 Å². The van der Waals surface area contributed by atoms with Gasteiger partial charge in [-0.15, -0.1) is 5.10 Å². The van der Waals surface area contributed by atoms with Gasteiger partial charge in [-0.3, -0.25) is 4.79 Å². The first-order valence-electron chi connectivity index (χ1n) is 7.14. The highest BCUT2D eigenvalue weighted by molar-refractivity contribution is 5.73. The van der Waals surface area contributed by atoms with Crippen molar-refractivity contribution in [1.29, 1.82) is 0 Å². The first-order chi connectivity index (χ1) is 9.70. The molecular weight excluding hydrogens is 256 g/mol. The number of nitrogens with one attached hydrogen (secondary N) is 1. The molecule has 1 aliphatic rings. The molecule has 0 atom stereocenters. The summed E-state index contributed by atoms with van der Waals surface area (Å²) in [4.78, 5) is 19.8. The van der Waals surface area contributed by atoms with E-state index in [1.54, 1.807) is 13.1 Å². The number of aromatic nitrogens is 3. The molecule has 2 rings (SSSR count). The van der Waals surface area contributed by atoms with E-state index in [0.717, 1.165) is 51.4 Å². The van der Waals surface area contributed by atoms with Crippen LogP contribution in [0.1, 0.15) is 26.7 Å². The van der Waals surface area contributed by atoms with Gasteiger partial charge in [0.05, 0.1) is 6.20 Å². The Kier molecular flexibility index (Phi) is 5.09. The molecule has 1 saturated heterocycles. The number of carbonyl (C=O) groups excluding carboxylic acids is 1. The van der Waals surface area contributed by atoms with Crippen LogP contribution in [0, 0.1) is 0 Å². The van der Waals surface area contributed by atoms with Crippen molar-refractivity contribution in [3.8, 4) is 0 Å². The van der Waals surface area contributed by atoms with Gasteiger partial charge in [0.15, 0.2) is 5.82 Å². The van der Waals surface area contributed by atoms with Gasteiger partial charge >= 0.3 is 0 Å². The van der Waals surface area contributed by atoms with Crippen molar-refractivity contribution in [3.05, 3.63) is 6.20 Å². The van der Waals surface area contributed by atoms with Crippen molar-refractivity contribution >= 4 is 17.7 Å². The van der Waals surface area contributed by atoms with Crippen LogP contribution < -0.4 is 10.2 Å². The molecule has 1 aliphatic heterocycles. The topological polar surface area (TPSA) is 74.2 Å². The average Bonchev–Trinajstić information content (AvgIpc) is 2.48. The minimum atomic E-state index is 0.132. The lowest BCUT2D eigenvalue weighted by molar-refractivity contribution is -0.129. The summed E-state index contributed by atoms with van der Waals surface area (Å²) in [5, 5.41) is 11.2. The minimum absolute atomic E-state index is 0.132. The zero-order chi connectivity index (χ0) is 14.4. The predicted molar refractivity (Wildman–Crippen MR) is 77.7 cm³/mol. The second-order valence-electron chi connectivity index (χ2n) is 4.91. The van der Waals surface area contributed by atoms with Crippen LogP contribution in [0.3, 0.4) is 0 Å². The summed E-state index contributed by atoms with van der Waals surface area (Å²) in [7, 11) is 0. The van der Waals surface area contributed by atoms with Gasteiger partial charge in [-0.2, -0.15) is 10.1 Å². The van der Waals surface area contributed by atoms with Gasteiger partial charge in [-0.05, 0) is 6.42 Å². The van der Waals surface area contributed by atoms with Crippen molar-refractivity contribution in [2.24, 2.45) is 0 Å². The van der Waals surface area contributed by atoms with Gasteiger partial charge in [0.2, 0.25) is 11.9 Å². The highest BCUT2D eigenvalue weighted by Crippen LogP contribution is 2.13. The number of hydrogen-bond acceptors (Lipinski definition) is 6. The van der Waals surface area contributed by atoms with Crippen LogP contribution in [0.2, 0.25) is 0 Å². The minimum Gasteiger partial charge on any atom is -0.353 e. The number of nitrogens with zero attached hydrogens (tertiary/aromatic N) is 5. The van der Waals surface area contributed by atoms with Gasteiger partial charge in [-0.25, -0.2) is 0 Å². The van der Waals surface area contributed by atoms with E-state index in [9.17, 15) is 4.79 Å². The normalized spacial score (nSPS) is 15.3. The zero-order valence-electron chi connectivity index (χ0n) is 12.2. The molecule has 0 aromatic carbocycles. The number of amides is 1. The van der Waals surface area contributed by atoms with Crippen LogP contribution in [-0.4, -0.2) is 58.7 Å². The molecule has 7 nitrogen and oxygen atoms in total. The first-order valence-corrected chi connectivity index (χ1v) is 7.14. The molecular formula is C13H22N6O. The molecule has 0 spiro atoms. The van der Waals surface area contributed by atoms with Crippen molar-refractivity contribution in [2.45, 2.75) is 26.7 Å². The fourth-order valence-electron chi connectivity index (χ4n) is 2.15. The number of anilines is 2. The molecule has 0 radical (unpaired) electrons. The van der Waals surface area contributed by atoms with E-state index in [4.69, 9.17) is 0 Å². The van der Waals surface area contributed by atoms with Crippen LogP contribution in [0.15, 0.2) is 6.20 Å². The van der Waals surface area contributed by atoms with Crippen molar-refractivity contribution in [1.82, 2.24) is 20.1 Å². The van der Waals surface area contributed by atoms with Gasteiger partial charge in [-0.1, -0.05) is 13.3 Å². The number of carbonyl (C=O) groups is 1. The third-order valence-corrected chi connectivity index (χ3v) is 3.41. The van der Waals surface area contributed by atoms with Crippen LogP contribution in [-0.2, 0) is 4.79 Å². The zero-order valence-corrected chi connectivity index (χ0v) is 12.2. The summed E-state index contributed by atoms with van der Waals surface area (Å²) < 4.78 is 0. The fraction of sp³-hybridized carbons (Fsp3) is 0.692. The largest absolute Gasteiger partial charge is 0.353 e. The van der Waals surface area contributed by atoms with E-state index in [1.165, 1.54) is 0 Å². The summed E-state index contributed by atoms with van der Waals surface area (Å²) in [6, 6.07) is 0. The fourth-order valence-corrected chi connectivity index (χ4v) is 2.15. The second kappa shape index (κ2) is 7.02. The molecule has 0 saturated carbocycles. The standard InChI is InChI=1S/C13H22N6O/c1-3-4-5-14-13-16-12(10-15-17-13)19-8-6-18(7-9-19)11(2)20/h10H,3-9H2,1-2H3,(H,14,16,17). The Labute approximate surface area is 119 Å². The summed E-state index contributed by atoms with van der Waals surface area (Å²) in [5.41, 5.74) is 0. The smallest absolute Gasteiger partial charge is 0.244 e. The highest BCUT2D eigenvalue weighted by atomic mass is 16.2. The molecule has 7 heteroatoms. The van der Waals surface area contributed by atoms with Crippen LogP contribution >= 0.6 is 0 Å². The Morgan fingerprint density at radius 3 is 2.75 bits per heavy atom. The number of unbranched alkanes of at least 4 members (excludes halogenated alkanes) is 1. The van der Waals surface area contributed by atoms with Gasteiger partial charge in [0.25, 0.3) is 0 Å². The van der Waals surface area contributed by atoms with Crippen LogP contribution in [0.4, 0.5) is 11.8 Å². The Bertz CT molecular complexity index is 444. The maximum Gasteiger partial charge on any atom is 0.244 e. The van der Waals surface area contributed by atoms with Gasteiger partial charge in [0.1, 0.15) is 0 Å². The SMILES string of the molecule is CCCCNc1nncc(N2CCN(C(C)=O)CC2)n1. The Hall–Kier alpha value is -1.92. The van der Waals surface area contributed by atoms with Crippen LogP contribution in [0.5, 0.6) is 0 Å². The van der Waals surface area contributed by atoms with Crippen LogP contribution in [0.25, 0.3) is 0 Å². The summed E-state index contributed by atoms with van der Waals surface area (Å²) in [5.74, 6) is 1.53. The summed E-state index contributed by atoms with van der Waals surface area (Å²) >= 11 is 0. The quantitative estimate of drug-likeness (QED) is 0.801. The van der Waals surface area contributed by atoms with E-state index in [2.05, 4.69) is 32.3 Å². The second-order valence-corrected chi connectivity index (χ2v) is 4.91. The molecule has 2 heterocycles. The van der Waals surface area contributed by atoms with Crippen molar-refractivity contribution in [3.63, 3.8) is 0 Å². The number of rotatable bonds is 5. The summed E-state index contributed by atoms with van der Waals surface area (Å²) in [6.07, 6.45) is 3.90. The molecule has 1 amide bonds. The first kappa shape index (κ1) is 14.5. The molecule has 0 unspecified atom stereocenters. The molecule has 20 heavy (non-hydrogen) atoms. The molecule has 1 aromatic rings. The third-order valence-electron chi connectivity index (χ3n) is 3.41. The average molecular weight is 278 g/mol. The molecule has 110 valence electrons. The molecule has 1 N–H and O–H groups in total. The monoisotopic (exact) mass is 278 g/mol. The lowest BCUT2D eigenvalue weighted by Crippen LogP contribution is -2.48. The predicted octanol–water partition coefficient (Wildman–Crippen LogP) is 0.752. The number of hydrogen-bond donors (Lipinski definition) is 1. The van der Waals surface area contributed by atoms with E-state index < -0.39 is 0 Å². The van der Waals surface area contributed by atoms with Crippen molar-refractivity contribution < 1.29 is 4.79 Å². The van der Waals surface area contributed by atoms with E-state index in [-0.39, 0.29) is 5.91 Å². The Morgan fingerprint density at radius 2 is 2.10 bits per heavy atom. The number of piperazine rings is 1. The molecule has 0 aliphatic carbocycles. The highest BCUT2D eigenvalue weighted by Gasteiger charge is 2.20. The van der Waals surface area contributed by atoms with Gasteiger partial charge < -0.3 is 15.1 Å². The van der Waals surface area contributed by atoms with E-state index in [0.29, 0.717) is 5.95 Å². The third kappa shape index (κ3) is 3.79. The Balaban J connectivity index is 1.92. The van der Waals surface area contributed by atoms with Crippen molar-refractivity contribution in [2.75, 3.05) is 42.9 Å². The lowest BCUT2D eigenvalue weighted by atomic mass is 10.3. The Morgan fingerprint density at radius 1 is 1.35 bits per heavy atom. The van der Waals surface area contributed by atoms with E-state index in [1.807, 2.05) is 4.90 Å². The molecule has 1 aromatic heterocycles. The maximum absolute atomic E-state index is 11.3. The maximum atomic E-state index is 11.3. The summed E-state index contributed by atoms with van der Waals surface area (Å²) in [6.45, 7) is 7.65. The lowest BCUT2D eigenvalue weighted by Gasteiger charge is -2.34.